The monoisotopic (exact) mass is 292 g/mol. The van der Waals surface area contributed by atoms with Crippen molar-refractivity contribution in [2.45, 2.75) is 27.2 Å². The van der Waals surface area contributed by atoms with E-state index >= 15 is 0 Å². The molecule has 0 saturated carbocycles. The molecule has 0 aliphatic heterocycles. The average molecular weight is 292 g/mol. The van der Waals surface area contributed by atoms with Crippen LogP contribution >= 0.6 is 0 Å². The highest BCUT2D eigenvalue weighted by Crippen LogP contribution is 2.26. The molecule has 0 unspecified atom stereocenters. The van der Waals surface area contributed by atoms with E-state index in [0.29, 0.717) is 6.42 Å². The summed E-state index contributed by atoms with van der Waals surface area (Å²) in [6.45, 7) is 5.67. The third kappa shape index (κ3) is 4.66. The summed E-state index contributed by atoms with van der Waals surface area (Å²) in [5.74, 6) is -2.63. The second kappa shape index (κ2) is 5.32. The lowest BCUT2D eigenvalue weighted by Gasteiger charge is -2.18. The van der Waals surface area contributed by atoms with Crippen molar-refractivity contribution in [3.8, 4) is 0 Å². The summed E-state index contributed by atoms with van der Waals surface area (Å²) in [4.78, 5) is 0. The van der Waals surface area contributed by atoms with Crippen LogP contribution in [-0.2, 0) is 10.0 Å². The summed E-state index contributed by atoms with van der Waals surface area (Å²) < 4.78 is 52.1. The Balaban J connectivity index is 2.93. The Labute approximate surface area is 112 Å². The van der Waals surface area contributed by atoms with Gasteiger partial charge in [0.2, 0.25) is 10.0 Å². The maximum absolute atomic E-state index is 13.5. The van der Waals surface area contributed by atoms with E-state index in [1.165, 1.54) is 0 Å². The summed E-state index contributed by atoms with van der Waals surface area (Å²) in [6, 6.07) is 1.96. The van der Waals surface area contributed by atoms with Gasteiger partial charge < -0.3 is 5.73 Å². The number of sulfonamides is 1. The third-order valence-corrected chi connectivity index (χ3v) is 3.76. The molecule has 0 radical (unpaired) electrons. The molecule has 4 nitrogen and oxygen atoms in total. The number of nitrogen functional groups attached to an aromatic ring is 1. The van der Waals surface area contributed by atoms with Gasteiger partial charge in [-0.05, 0) is 24.0 Å². The predicted octanol–water partition coefficient (Wildman–Crippen LogP) is 2.72. The predicted molar refractivity (Wildman–Crippen MR) is 72.3 cm³/mol. The molecule has 0 heterocycles. The van der Waals surface area contributed by atoms with Crippen LogP contribution in [0, 0.1) is 17.0 Å². The van der Waals surface area contributed by atoms with Gasteiger partial charge in [0.05, 0.1) is 11.4 Å². The van der Waals surface area contributed by atoms with Crippen molar-refractivity contribution in [2.24, 2.45) is 5.41 Å². The minimum absolute atomic E-state index is 0.154. The summed E-state index contributed by atoms with van der Waals surface area (Å²) in [5, 5.41) is 0. The average Bonchev–Trinajstić information content (AvgIpc) is 2.27. The van der Waals surface area contributed by atoms with Gasteiger partial charge in [-0.15, -0.1) is 0 Å². The molecule has 0 aliphatic carbocycles. The lowest BCUT2D eigenvalue weighted by atomic mass is 9.94. The molecular formula is C12H18F2N2O2S. The Morgan fingerprint density at radius 2 is 1.84 bits per heavy atom. The molecule has 0 saturated heterocycles. The third-order valence-electron chi connectivity index (χ3n) is 2.51. The molecule has 1 aromatic carbocycles. The van der Waals surface area contributed by atoms with Crippen LogP contribution in [0.1, 0.15) is 27.2 Å². The first kappa shape index (κ1) is 15.7. The highest BCUT2D eigenvalue weighted by molar-refractivity contribution is 7.92. The molecule has 7 heteroatoms. The minimum Gasteiger partial charge on any atom is -0.397 e. The van der Waals surface area contributed by atoms with Gasteiger partial charge in [-0.2, -0.15) is 0 Å². The second-order valence-corrected chi connectivity index (χ2v) is 7.40. The van der Waals surface area contributed by atoms with E-state index in [4.69, 9.17) is 5.73 Å². The van der Waals surface area contributed by atoms with Crippen LogP contribution in [0.2, 0.25) is 0 Å². The van der Waals surface area contributed by atoms with E-state index in [2.05, 4.69) is 0 Å². The number of benzene rings is 1. The zero-order valence-corrected chi connectivity index (χ0v) is 11.9. The van der Waals surface area contributed by atoms with Crippen LogP contribution in [0.15, 0.2) is 12.1 Å². The first-order valence-corrected chi connectivity index (χ1v) is 7.41. The molecular weight excluding hydrogens is 274 g/mol. The molecule has 0 aliphatic rings. The highest BCUT2D eigenvalue weighted by atomic mass is 32.2. The van der Waals surface area contributed by atoms with Crippen LogP contribution in [0.5, 0.6) is 0 Å². The lowest BCUT2D eigenvalue weighted by molar-refractivity contribution is 0.397. The van der Waals surface area contributed by atoms with Crippen molar-refractivity contribution >= 4 is 21.4 Å². The normalized spacial score (nSPS) is 12.5. The van der Waals surface area contributed by atoms with Crippen molar-refractivity contribution in [3.63, 3.8) is 0 Å². The van der Waals surface area contributed by atoms with Crippen LogP contribution in [0.4, 0.5) is 20.2 Å². The molecule has 3 N–H and O–H groups in total. The number of nitrogens with two attached hydrogens (primary N) is 1. The number of halogens is 2. The lowest BCUT2D eigenvalue weighted by Crippen LogP contribution is -2.22. The largest absolute Gasteiger partial charge is 0.397 e. The molecule has 0 fully saturated rings. The zero-order valence-electron chi connectivity index (χ0n) is 11.1. The standard InChI is InChI=1S/C12H18F2N2O2S/c1-12(2,3)6-7-19(17,18)16-11-9(15)5-4-8(13)10(11)14/h4-5,16H,6-7,15H2,1-3H3. The molecule has 1 rings (SSSR count). The molecule has 1 aromatic rings. The van der Waals surface area contributed by atoms with Crippen LogP contribution < -0.4 is 10.5 Å². The Morgan fingerprint density at radius 3 is 2.37 bits per heavy atom. The van der Waals surface area contributed by atoms with Gasteiger partial charge in [-0.1, -0.05) is 20.8 Å². The first-order chi connectivity index (χ1) is 8.52. The Bertz CT molecular complexity index is 566. The summed E-state index contributed by atoms with van der Waals surface area (Å²) in [6.07, 6.45) is 0.388. The van der Waals surface area contributed by atoms with E-state index in [-0.39, 0.29) is 16.9 Å². The van der Waals surface area contributed by atoms with E-state index in [1.54, 1.807) is 0 Å². The zero-order chi connectivity index (χ0) is 14.8. The van der Waals surface area contributed by atoms with Gasteiger partial charge >= 0.3 is 0 Å². The molecule has 0 atom stereocenters. The molecule has 0 bridgehead atoms. The molecule has 0 aromatic heterocycles. The Kier molecular flexibility index (Phi) is 4.39. The maximum Gasteiger partial charge on any atom is 0.232 e. The fourth-order valence-corrected chi connectivity index (χ4v) is 2.82. The van der Waals surface area contributed by atoms with Crippen LogP contribution in [-0.4, -0.2) is 14.2 Å². The van der Waals surface area contributed by atoms with Crippen LogP contribution in [0.25, 0.3) is 0 Å². The van der Waals surface area contributed by atoms with E-state index in [1.807, 2.05) is 25.5 Å². The fraction of sp³-hybridized carbons (Fsp3) is 0.500. The minimum atomic E-state index is -3.77. The second-order valence-electron chi connectivity index (χ2n) is 5.56. The quantitative estimate of drug-likeness (QED) is 0.838. The van der Waals surface area contributed by atoms with Crippen molar-refractivity contribution < 1.29 is 17.2 Å². The van der Waals surface area contributed by atoms with E-state index in [0.717, 1.165) is 12.1 Å². The van der Waals surface area contributed by atoms with E-state index in [9.17, 15) is 17.2 Å². The molecule has 0 amide bonds. The van der Waals surface area contributed by atoms with Crippen molar-refractivity contribution in [1.82, 2.24) is 0 Å². The maximum atomic E-state index is 13.5. The Hall–Kier alpha value is -1.37. The first-order valence-electron chi connectivity index (χ1n) is 5.76. The van der Waals surface area contributed by atoms with Crippen molar-refractivity contribution in [1.29, 1.82) is 0 Å². The van der Waals surface area contributed by atoms with Gasteiger partial charge in [0, 0.05) is 0 Å². The number of hydrogen-bond donors (Lipinski definition) is 2. The van der Waals surface area contributed by atoms with Gasteiger partial charge in [0.25, 0.3) is 0 Å². The topological polar surface area (TPSA) is 72.2 Å². The summed E-state index contributed by atoms with van der Waals surface area (Å²) in [7, 11) is -3.77. The number of anilines is 2. The number of rotatable bonds is 4. The number of hydrogen-bond acceptors (Lipinski definition) is 3. The van der Waals surface area contributed by atoms with Crippen molar-refractivity contribution in [3.05, 3.63) is 23.8 Å². The summed E-state index contributed by atoms with van der Waals surface area (Å²) in [5.41, 5.74) is 4.58. The van der Waals surface area contributed by atoms with E-state index < -0.39 is 27.3 Å². The van der Waals surface area contributed by atoms with Gasteiger partial charge in [-0.25, -0.2) is 17.2 Å². The fourth-order valence-electron chi connectivity index (χ4n) is 1.32. The van der Waals surface area contributed by atoms with Gasteiger partial charge in [-0.3, -0.25) is 4.72 Å². The Morgan fingerprint density at radius 1 is 1.26 bits per heavy atom. The van der Waals surface area contributed by atoms with Crippen molar-refractivity contribution in [2.75, 3.05) is 16.2 Å². The highest BCUT2D eigenvalue weighted by Gasteiger charge is 2.21. The molecule has 0 spiro atoms. The molecule has 108 valence electrons. The number of nitrogens with one attached hydrogen (secondary N) is 1. The van der Waals surface area contributed by atoms with Gasteiger partial charge in [0.15, 0.2) is 11.6 Å². The van der Waals surface area contributed by atoms with Crippen LogP contribution in [0.3, 0.4) is 0 Å². The SMILES string of the molecule is CC(C)(C)CCS(=O)(=O)Nc1c(N)ccc(F)c1F. The summed E-state index contributed by atoms with van der Waals surface area (Å²) >= 11 is 0. The van der Waals surface area contributed by atoms with Gasteiger partial charge in [0.1, 0.15) is 5.69 Å². The molecule has 19 heavy (non-hydrogen) atoms. The smallest absolute Gasteiger partial charge is 0.232 e.